The molecule has 1 atom stereocenters. The van der Waals surface area contributed by atoms with Crippen LogP contribution in [0.25, 0.3) is 0 Å². The van der Waals surface area contributed by atoms with Gasteiger partial charge >= 0.3 is 0 Å². The summed E-state index contributed by atoms with van der Waals surface area (Å²) in [7, 11) is 0. The van der Waals surface area contributed by atoms with Gasteiger partial charge in [-0.3, -0.25) is 20.4 Å². The van der Waals surface area contributed by atoms with Gasteiger partial charge in [0.15, 0.2) is 0 Å². The van der Waals surface area contributed by atoms with Gasteiger partial charge < -0.3 is 0 Å². The van der Waals surface area contributed by atoms with Crippen molar-refractivity contribution in [3.05, 3.63) is 24.7 Å². The summed E-state index contributed by atoms with van der Waals surface area (Å²) in [5.74, 6) is 0. The smallest absolute Gasteiger partial charge is 0.130 e. The minimum Gasteiger partial charge on any atom is -0.284 e. The van der Waals surface area contributed by atoms with E-state index in [1.165, 1.54) is 0 Å². The molecule has 0 aliphatic carbocycles. The highest BCUT2D eigenvalue weighted by Crippen LogP contribution is 1.96. The Bertz CT molecular complexity index is 357. The fourth-order valence-electron chi connectivity index (χ4n) is 1.03. The lowest BCUT2D eigenvalue weighted by Gasteiger charge is -2.03. The van der Waals surface area contributed by atoms with Crippen molar-refractivity contribution in [1.29, 1.82) is 0 Å². The largest absolute Gasteiger partial charge is 0.284 e. The van der Waals surface area contributed by atoms with E-state index in [1.54, 1.807) is 43.3 Å². The summed E-state index contributed by atoms with van der Waals surface area (Å²) in [6.07, 6.45) is 11.8. The molecular formula is C9H9N5. The first kappa shape index (κ1) is 8.55. The van der Waals surface area contributed by atoms with Gasteiger partial charge in [0.1, 0.15) is 11.8 Å². The highest BCUT2D eigenvalue weighted by Gasteiger charge is 2.10. The van der Waals surface area contributed by atoms with Crippen LogP contribution in [0.4, 0.5) is 0 Å². The van der Waals surface area contributed by atoms with Crippen molar-refractivity contribution >= 4 is 24.4 Å². The molecule has 0 saturated carbocycles. The summed E-state index contributed by atoms with van der Waals surface area (Å²) in [5, 5.41) is 4.09. The van der Waals surface area contributed by atoms with Gasteiger partial charge in [-0.1, -0.05) is 0 Å². The summed E-state index contributed by atoms with van der Waals surface area (Å²) >= 11 is 0. The molecule has 0 aromatic rings. The Balaban J connectivity index is 2.18. The zero-order chi connectivity index (χ0) is 9.64. The molecule has 0 spiro atoms. The molecule has 2 rings (SSSR count). The predicted octanol–water partition coefficient (Wildman–Crippen LogP) is 0.525. The fraction of sp³-hybridized carbons (Fsp3) is 0.111. The number of hydrazone groups is 1. The lowest BCUT2D eigenvalue weighted by molar-refractivity contribution is 0.956. The maximum Gasteiger partial charge on any atom is 0.130 e. The lowest BCUT2D eigenvalue weighted by atomic mass is 10.2. The first-order valence-corrected chi connectivity index (χ1v) is 4.20. The minimum absolute atomic E-state index is 0.166. The number of nitrogens with one attached hydrogen (secondary N) is 1. The number of hydrogen-bond acceptors (Lipinski definition) is 5. The third-order valence-corrected chi connectivity index (χ3v) is 1.67. The minimum atomic E-state index is -0.166. The highest BCUT2D eigenvalue weighted by molar-refractivity contribution is 6.37. The standard InChI is InChI=1S/C9H9N5/c1-2-10-6-8(12-3-1)9-7-11-4-5-13-14-9/h1-8,13H. The normalized spacial score (nSPS) is 24.0. The van der Waals surface area contributed by atoms with Crippen LogP contribution in [-0.2, 0) is 0 Å². The van der Waals surface area contributed by atoms with E-state index >= 15 is 0 Å². The van der Waals surface area contributed by atoms with Crippen LogP contribution in [0.15, 0.2) is 44.8 Å². The molecule has 0 bridgehead atoms. The van der Waals surface area contributed by atoms with Crippen LogP contribution in [0, 0.1) is 0 Å². The predicted molar refractivity (Wildman–Crippen MR) is 58.1 cm³/mol. The van der Waals surface area contributed by atoms with Gasteiger partial charge in [0, 0.05) is 31.0 Å². The molecule has 1 unspecified atom stereocenters. The highest BCUT2D eigenvalue weighted by atomic mass is 15.3. The summed E-state index contributed by atoms with van der Waals surface area (Å²) < 4.78 is 0. The third-order valence-electron chi connectivity index (χ3n) is 1.67. The monoisotopic (exact) mass is 187 g/mol. The molecule has 5 heteroatoms. The first-order valence-electron chi connectivity index (χ1n) is 4.20. The Labute approximate surface area is 81.4 Å². The molecule has 70 valence electrons. The van der Waals surface area contributed by atoms with Crippen molar-refractivity contribution in [2.24, 2.45) is 20.1 Å². The van der Waals surface area contributed by atoms with Crippen molar-refractivity contribution in [2.75, 3.05) is 0 Å². The van der Waals surface area contributed by atoms with E-state index in [2.05, 4.69) is 25.5 Å². The van der Waals surface area contributed by atoms with E-state index in [1.807, 2.05) is 0 Å². The van der Waals surface area contributed by atoms with Gasteiger partial charge in [-0.15, -0.1) is 0 Å². The molecule has 1 N–H and O–H groups in total. The van der Waals surface area contributed by atoms with E-state index in [0.29, 0.717) is 0 Å². The molecule has 2 aliphatic rings. The zero-order valence-electron chi connectivity index (χ0n) is 7.41. The molecule has 0 saturated heterocycles. The average molecular weight is 187 g/mol. The molecule has 2 aliphatic heterocycles. The maximum atomic E-state index is 4.24. The molecule has 0 aromatic heterocycles. The summed E-state index contributed by atoms with van der Waals surface area (Å²) in [6.45, 7) is 0. The molecule has 0 amide bonds. The Morgan fingerprint density at radius 1 is 1.21 bits per heavy atom. The van der Waals surface area contributed by atoms with Crippen molar-refractivity contribution in [1.82, 2.24) is 5.43 Å². The van der Waals surface area contributed by atoms with Crippen molar-refractivity contribution in [3.63, 3.8) is 0 Å². The van der Waals surface area contributed by atoms with Gasteiger partial charge in [-0.25, -0.2) is 0 Å². The second-order valence-electron chi connectivity index (χ2n) is 2.64. The average Bonchev–Trinajstić information content (AvgIpc) is 2.62. The Hall–Kier alpha value is -2.04. The van der Waals surface area contributed by atoms with Crippen LogP contribution in [0.2, 0.25) is 0 Å². The quantitative estimate of drug-likeness (QED) is 0.639. The van der Waals surface area contributed by atoms with Crippen LogP contribution in [0.3, 0.4) is 0 Å². The second kappa shape index (κ2) is 4.27. The topological polar surface area (TPSA) is 61.5 Å². The molecule has 0 radical (unpaired) electrons. The van der Waals surface area contributed by atoms with Gasteiger partial charge in [0.05, 0.1) is 6.21 Å². The van der Waals surface area contributed by atoms with Crippen LogP contribution in [0.1, 0.15) is 0 Å². The number of allylic oxidation sites excluding steroid dienone is 1. The van der Waals surface area contributed by atoms with Gasteiger partial charge in [0.2, 0.25) is 0 Å². The van der Waals surface area contributed by atoms with Crippen LogP contribution < -0.4 is 5.43 Å². The first-order chi connectivity index (χ1) is 6.97. The Kier molecular flexibility index (Phi) is 2.61. The summed E-state index contributed by atoms with van der Waals surface area (Å²) in [6, 6.07) is -0.166. The Morgan fingerprint density at radius 3 is 3.21 bits per heavy atom. The third kappa shape index (κ3) is 2.01. The summed E-state index contributed by atoms with van der Waals surface area (Å²) in [4.78, 5) is 12.3. The molecule has 14 heavy (non-hydrogen) atoms. The molecule has 0 fully saturated rings. The molecule has 5 nitrogen and oxygen atoms in total. The van der Waals surface area contributed by atoms with Crippen molar-refractivity contribution in [3.8, 4) is 0 Å². The number of aliphatic imine (C=N–C) groups is 3. The number of nitrogens with zero attached hydrogens (tertiary/aromatic N) is 4. The van der Waals surface area contributed by atoms with E-state index in [-0.39, 0.29) is 6.04 Å². The van der Waals surface area contributed by atoms with E-state index in [0.717, 1.165) is 5.71 Å². The molecule has 2 heterocycles. The second-order valence-corrected chi connectivity index (χ2v) is 2.64. The van der Waals surface area contributed by atoms with Crippen LogP contribution >= 0.6 is 0 Å². The number of rotatable bonds is 1. The van der Waals surface area contributed by atoms with Crippen molar-refractivity contribution < 1.29 is 0 Å². The van der Waals surface area contributed by atoms with Crippen LogP contribution in [-0.4, -0.2) is 30.4 Å². The summed E-state index contributed by atoms with van der Waals surface area (Å²) in [5.41, 5.74) is 3.48. The van der Waals surface area contributed by atoms with Crippen LogP contribution in [0.5, 0.6) is 0 Å². The van der Waals surface area contributed by atoms with Gasteiger partial charge in [-0.05, 0) is 6.08 Å². The lowest BCUT2D eigenvalue weighted by Crippen LogP contribution is -2.23. The van der Waals surface area contributed by atoms with Crippen molar-refractivity contribution in [2.45, 2.75) is 6.04 Å². The van der Waals surface area contributed by atoms with E-state index in [9.17, 15) is 0 Å². The Morgan fingerprint density at radius 2 is 2.21 bits per heavy atom. The van der Waals surface area contributed by atoms with E-state index < -0.39 is 0 Å². The fourth-order valence-corrected chi connectivity index (χ4v) is 1.03. The SMILES string of the molecule is C1=CN=CC(C2=NNC=CN=C2)N=C1. The molecular weight excluding hydrogens is 178 g/mol. The maximum absolute atomic E-state index is 4.24. The molecule has 0 aromatic carbocycles. The van der Waals surface area contributed by atoms with Gasteiger partial charge in [0.25, 0.3) is 0 Å². The van der Waals surface area contributed by atoms with E-state index in [4.69, 9.17) is 0 Å². The van der Waals surface area contributed by atoms with Gasteiger partial charge in [-0.2, -0.15) is 5.10 Å². The number of hydrogen-bond donors (Lipinski definition) is 1. The zero-order valence-corrected chi connectivity index (χ0v) is 7.41.